The van der Waals surface area contributed by atoms with Crippen molar-refractivity contribution in [3.05, 3.63) is 34.5 Å². The summed E-state index contributed by atoms with van der Waals surface area (Å²) in [7, 11) is 1.78. The maximum Gasteiger partial charge on any atom is 0.241 e. The van der Waals surface area contributed by atoms with Gasteiger partial charge in [-0.2, -0.15) is 10.4 Å². The molecule has 1 aromatic carbocycles. The average Bonchev–Trinajstić information content (AvgIpc) is 2.59. The van der Waals surface area contributed by atoms with Crippen LogP contribution in [0.15, 0.2) is 12.1 Å². The number of hydrogen-bond acceptors (Lipinski definition) is 4. The molecule has 0 unspecified atom stereocenters. The molecule has 0 saturated heterocycles. The molecule has 0 radical (unpaired) electrons. The molecule has 0 spiro atoms. The molecule has 0 atom stereocenters. The van der Waals surface area contributed by atoms with Gasteiger partial charge in [0.1, 0.15) is 11.4 Å². The van der Waals surface area contributed by atoms with Crippen molar-refractivity contribution in [1.29, 1.82) is 5.26 Å². The molecular formula is C14H16N4O. The predicted molar refractivity (Wildman–Crippen MR) is 73.1 cm³/mol. The monoisotopic (exact) mass is 256 g/mol. The minimum atomic E-state index is 0.522. The van der Waals surface area contributed by atoms with E-state index in [1.807, 2.05) is 20.8 Å². The highest BCUT2D eigenvalue weighted by molar-refractivity contribution is 5.56. The van der Waals surface area contributed by atoms with Crippen LogP contribution in [0.5, 0.6) is 11.6 Å². The minimum absolute atomic E-state index is 0.522. The summed E-state index contributed by atoms with van der Waals surface area (Å²) in [4.78, 5) is 0. The zero-order valence-electron chi connectivity index (χ0n) is 11.5. The molecule has 0 amide bonds. The maximum atomic E-state index is 8.93. The summed E-state index contributed by atoms with van der Waals surface area (Å²) in [6.07, 6.45) is 0. The van der Waals surface area contributed by atoms with Crippen molar-refractivity contribution in [2.24, 2.45) is 7.05 Å². The van der Waals surface area contributed by atoms with Crippen LogP contribution in [0.3, 0.4) is 0 Å². The molecule has 0 aliphatic heterocycles. The zero-order valence-corrected chi connectivity index (χ0v) is 11.5. The number of nitrogens with two attached hydrogens (primary N) is 1. The van der Waals surface area contributed by atoms with Crippen molar-refractivity contribution >= 4 is 5.69 Å². The van der Waals surface area contributed by atoms with E-state index in [2.05, 4.69) is 11.2 Å². The Morgan fingerprint density at radius 3 is 2.26 bits per heavy atom. The second kappa shape index (κ2) is 4.65. The third-order valence-corrected chi connectivity index (χ3v) is 3.00. The summed E-state index contributed by atoms with van der Waals surface area (Å²) >= 11 is 0. The van der Waals surface area contributed by atoms with E-state index in [0.29, 0.717) is 22.9 Å². The number of benzene rings is 1. The number of ether oxygens (including phenoxy) is 1. The SMILES string of the molecule is Cc1cc(C#N)cc(C)c1Oc1c(N)c(C)nn1C. The molecule has 0 bridgehead atoms. The van der Waals surface area contributed by atoms with Crippen LogP contribution in [-0.2, 0) is 7.05 Å². The molecule has 5 heteroatoms. The smallest absolute Gasteiger partial charge is 0.241 e. The first kappa shape index (κ1) is 13.0. The summed E-state index contributed by atoms with van der Waals surface area (Å²) in [5, 5.41) is 13.1. The molecule has 2 rings (SSSR count). The summed E-state index contributed by atoms with van der Waals surface area (Å²) in [6.45, 7) is 5.64. The molecule has 1 heterocycles. The number of nitrogens with zero attached hydrogens (tertiary/aromatic N) is 3. The number of aromatic nitrogens is 2. The van der Waals surface area contributed by atoms with E-state index in [4.69, 9.17) is 15.7 Å². The van der Waals surface area contributed by atoms with Gasteiger partial charge in [0.15, 0.2) is 0 Å². The largest absolute Gasteiger partial charge is 0.437 e. The zero-order chi connectivity index (χ0) is 14.2. The number of anilines is 1. The lowest BCUT2D eigenvalue weighted by molar-refractivity contribution is 0.427. The molecule has 0 aliphatic rings. The van der Waals surface area contributed by atoms with Crippen LogP contribution in [0.4, 0.5) is 5.69 Å². The summed E-state index contributed by atoms with van der Waals surface area (Å²) in [5.41, 5.74) is 9.63. The highest BCUT2D eigenvalue weighted by Gasteiger charge is 2.15. The second-order valence-corrected chi connectivity index (χ2v) is 4.58. The van der Waals surface area contributed by atoms with Crippen molar-refractivity contribution in [3.63, 3.8) is 0 Å². The Morgan fingerprint density at radius 2 is 1.84 bits per heavy atom. The standard InChI is InChI=1S/C14H16N4O/c1-8-5-11(7-15)6-9(2)13(8)19-14-12(16)10(3)17-18(14)4/h5-6H,16H2,1-4H3. The lowest BCUT2D eigenvalue weighted by atomic mass is 10.1. The van der Waals surface area contributed by atoms with Crippen molar-refractivity contribution in [3.8, 4) is 17.7 Å². The fourth-order valence-electron chi connectivity index (χ4n) is 2.05. The molecule has 1 aromatic heterocycles. The van der Waals surface area contributed by atoms with E-state index in [1.165, 1.54) is 0 Å². The third kappa shape index (κ3) is 2.25. The molecule has 0 fully saturated rings. The first-order valence-corrected chi connectivity index (χ1v) is 5.92. The van der Waals surface area contributed by atoms with E-state index in [-0.39, 0.29) is 0 Å². The molecule has 98 valence electrons. The molecule has 2 N–H and O–H groups in total. The first-order chi connectivity index (χ1) is 8.93. The van der Waals surface area contributed by atoms with Crippen molar-refractivity contribution in [2.75, 3.05) is 5.73 Å². The highest BCUT2D eigenvalue weighted by Crippen LogP contribution is 2.33. The molecule has 2 aromatic rings. The third-order valence-electron chi connectivity index (χ3n) is 3.00. The van der Waals surface area contributed by atoms with Gasteiger partial charge in [0.05, 0.1) is 17.3 Å². The number of aryl methyl sites for hydroxylation is 4. The number of nitriles is 1. The van der Waals surface area contributed by atoms with Crippen molar-refractivity contribution < 1.29 is 4.74 Å². The lowest BCUT2D eigenvalue weighted by Crippen LogP contribution is -2.00. The van der Waals surface area contributed by atoms with E-state index in [1.54, 1.807) is 23.9 Å². The number of nitrogen functional groups attached to an aromatic ring is 1. The van der Waals surface area contributed by atoms with Gasteiger partial charge in [0.2, 0.25) is 5.88 Å². The lowest BCUT2D eigenvalue weighted by Gasteiger charge is -2.12. The predicted octanol–water partition coefficient (Wildman–Crippen LogP) is 2.59. The van der Waals surface area contributed by atoms with E-state index < -0.39 is 0 Å². The highest BCUT2D eigenvalue weighted by atomic mass is 16.5. The van der Waals surface area contributed by atoms with Gasteiger partial charge in [-0.3, -0.25) is 0 Å². The number of hydrogen-bond donors (Lipinski definition) is 1. The van der Waals surface area contributed by atoms with Gasteiger partial charge in [-0.05, 0) is 44.0 Å². The Hall–Kier alpha value is -2.48. The van der Waals surface area contributed by atoms with Crippen molar-refractivity contribution in [2.45, 2.75) is 20.8 Å². The number of rotatable bonds is 2. The van der Waals surface area contributed by atoms with Crippen LogP contribution in [-0.4, -0.2) is 9.78 Å². The van der Waals surface area contributed by atoms with Gasteiger partial charge < -0.3 is 10.5 Å². The fourth-order valence-corrected chi connectivity index (χ4v) is 2.05. The topological polar surface area (TPSA) is 76.9 Å². The Labute approximate surface area is 112 Å². The first-order valence-electron chi connectivity index (χ1n) is 5.92. The fraction of sp³-hybridized carbons (Fsp3) is 0.286. The van der Waals surface area contributed by atoms with Gasteiger partial charge in [0, 0.05) is 7.05 Å². The van der Waals surface area contributed by atoms with Crippen LogP contribution in [0.1, 0.15) is 22.4 Å². The molecule has 19 heavy (non-hydrogen) atoms. The normalized spacial score (nSPS) is 10.3. The molecule has 5 nitrogen and oxygen atoms in total. The van der Waals surface area contributed by atoms with Crippen LogP contribution < -0.4 is 10.5 Å². The van der Waals surface area contributed by atoms with E-state index in [0.717, 1.165) is 16.8 Å². The van der Waals surface area contributed by atoms with Crippen molar-refractivity contribution in [1.82, 2.24) is 9.78 Å². The molecule has 0 saturated carbocycles. The average molecular weight is 256 g/mol. The summed E-state index contributed by atoms with van der Waals surface area (Å²) < 4.78 is 7.50. The second-order valence-electron chi connectivity index (χ2n) is 4.58. The molecular weight excluding hydrogens is 240 g/mol. The molecule has 0 aliphatic carbocycles. The Morgan fingerprint density at radius 1 is 1.26 bits per heavy atom. The Balaban J connectivity index is 2.47. The van der Waals surface area contributed by atoms with Gasteiger partial charge in [0.25, 0.3) is 0 Å². The van der Waals surface area contributed by atoms with Gasteiger partial charge >= 0.3 is 0 Å². The van der Waals surface area contributed by atoms with Gasteiger partial charge in [-0.1, -0.05) is 0 Å². The maximum absolute atomic E-state index is 8.93. The van der Waals surface area contributed by atoms with Crippen LogP contribution in [0, 0.1) is 32.1 Å². The minimum Gasteiger partial charge on any atom is -0.437 e. The quantitative estimate of drug-likeness (QED) is 0.895. The van der Waals surface area contributed by atoms with Crippen LogP contribution in [0.2, 0.25) is 0 Å². The van der Waals surface area contributed by atoms with E-state index >= 15 is 0 Å². The van der Waals surface area contributed by atoms with Gasteiger partial charge in [-0.25, -0.2) is 4.68 Å². The van der Waals surface area contributed by atoms with Gasteiger partial charge in [-0.15, -0.1) is 0 Å². The summed E-state index contributed by atoms with van der Waals surface area (Å²) in [5.74, 6) is 1.24. The summed E-state index contributed by atoms with van der Waals surface area (Å²) in [6, 6.07) is 5.72. The Kier molecular flexibility index (Phi) is 3.17. The van der Waals surface area contributed by atoms with Crippen LogP contribution in [0.25, 0.3) is 0 Å². The van der Waals surface area contributed by atoms with Crippen LogP contribution >= 0.6 is 0 Å². The van der Waals surface area contributed by atoms with E-state index in [9.17, 15) is 0 Å². The Bertz CT molecular complexity index is 656.